The van der Waals surface area contributed by atoms with E-state index in [0.29, 0.717) is 24.7 Å². The summed E-state index contributed by atoms with van der Waals surface area (Å²) in [6.45, 7) is 5.08. The summed E-state index contributed by atoms with van der Waals surface area (Å²) in [5.41, 5.74) is 1.87. The average molecular weight is 368 g/mol. The Kier molecular flexibility index (Phi) is 4.66. The number of nitrogens with one attached hydrogen (secondary N) is 2. The third kappa shape index (κ3) is 3.57. The van der Waals surface area contributed by atoms with Gasteiger partial charge in [0.1, 0.15) is 5.82 Å². The molecule has 1 aromatic heterocycles. The van der Waals surface area contributed by atoms with Crippen molar-refractivity contribution in [2.75, 3.05) is 13.1 Å². The van der Waals surface area contributed by atoms with Gasteiger partial charge in [-0.05, 0) is 57.7 Å². The van der Waals surface area contributed by atoms with Gasteiger partial charge in [0.2, 0.25) is 5.91 Å². The largest absolute Gasteiger partial charge is 0.353 e. The Labute approximate surface area is 159 Å². The number of piperidine rings is 1. The standard InChI is InChI=1S/C21H28N4O2/c1-14-22-17-9-8-15(12-18(17)23-14)19(26)25-11-5-10-21(2,13-25)20(27)24-16-6-3-4-7-16/h8-9,12,16H,3-7,10-11,13H2,1-2H3,(H,22,23)(H,24,27). The maximum atomic E-state index is 13.1. The van der Waals surface area contributed by atoms with Crippen LogP contribution in [0.5, 0.6) is 0 Å². The number of amides is 2. The molecule has 4 rings (SSSR count). The Morgan fingerprint density at radius 3 is 2.81 bits per heavy atom. The molecular formula is C21H28N4O2. The van der Waals surface area contributed by atoms with Crippen molar-refractivity contribution in [3.05, 3.63) is 29.6 Å². The molecule has 144 valence electrons. The maximum Gasteiger partial charge on any atom is 0.253 e. The fourth-order valence-electron chi connectivity index (χ4n) is 4.48. The number of rotatable bonds is 3. The first-order valence-electron chi connectivity index (χ1n) is 10.0. The van der Waals surface area contributed by atoms with Gasteiger partial charge < -0.3 is 15.2 Å². The van der Waals surface area contributed by atoms with Gasteiger partial charge in [-0.2, -0.15) is 0 Å². The van der Waals surface area contributed by atoms with E-state index in [-0.39, 0.29) is 11.8 Å². The zero-order valence-corrected chi connectivity index (χ0v) is 16.2. The second kappa shape index (κ2) is 6.98. The number of carbonyl (C=O) groups is 2. The number of H-pyrrole nitrogens is 1. The lowest BCUT2D eigenvalue weighted by molar-refractivity contribution is -0.133. The number of likely N-dealkylation sites (tertiary alicyclic amines) is 1. The highest BCUT2D eigenvalue weighted by atomic mass is 16.2. The Hall–Kier alpha value is -2.37. The van der Waals surface area contributed by atoms with Crippen LogP contribution >= 0.6 is 0 Å². The molecule has 1 aliphatic heterocycles. The Balaban J connectivity index is 1.48. The van der Waals surface area contributed by atoms with E-state index in [0.717, 1.165) is 42.5 Å². The number of carbonyl (C=O) groups excluding carboxylic acids is 2. The van der Waals surface area contributed by atoms with E-state index in [2.05, 4.69) is 15.3 Å². The van der Waals surface area contributed by atoms with E-state index in [1.165, 1.54) is 12.8 Å². The van der Waals surface area contributed by atoms with E-state index in [1.807, 2.05) is 36.9 Å². The molecule has 27 heavy (non-hydrogen) atoms. The van der Waals surface area contributed by atoms with Gasteiger partial charge in [0, 0.05) is 24.7 Å². The molecule has 2 heterocycles. The molecule has 2 aliphatic rings. The Morgan fingerprint density at radius 1 is 1.26 bits per heavy atom. The van der Waals surface area contributed by atoms with Gasteiger partial charge in [-0.25, -0.2) is 4.98 Å². The van der Waals surface area contributed by atoms with Crippen LogP contribution in [-0.4, -0.2) is 45.8 Å². The Bertz CT molecular complexity index is 868. The minimum Gasteiger partial charge on any atom is -0.353 e. The van der Waals surface area contributed by atoms with Crippen LogP contribution in [0.15, 0.2) is 18.2 Å². The topological polar surface area (TPSA) is 78.1 Å². The molecule has 1 aliphatic carbocycles. The number of aromatic amines is 1. The van der Waals surface area contributed by atoms with Gasteiger partial charge in [0.25, 0.3) is 5.91 Å². The van der Waals surface area contributed by atoms with Crippen molar-refractivity contribution in [3.8, 4) is 0 Å². The van der Waals surface area contributed by atoms with E-state index in [9.17, 15) is 9.59 Å². The molecule has 1 aromatic carbocycles. The molecular weight excluding hydrogens is 340 g/mol. The summed E-state index contributed by atoms with van der Waals surface area (Å²) in [6.07, 6.45) is 6.23. The smallest absolute Gasteiger partial charge is 0.253 e. The summed E-state index contributed by atoms with van der Waals surface area (Å²) < 4.78 is 0. The predicted molar refractivity (Wildman–Crippen MR) is 104 cm³/mol. The van der Waals surface area contributed by atoms with Gasteiger partial charge in [-0.3, -0.25) is 9.59 Å². The number of nitrogens with zero attached hydrogens (tertiary/aromatic N) is 2. The van der Waals surface area contributed by atoms with Crippen LogP contribution in [0.1, 0.15) is 61.6 Å². The van der Waals surface area contributed by atoms with Crippen LogP contribution in [0.2, 0.25) is 0 Å². The van der Waals surface area contributed by atoms with Crippen molar-refractivity contribution < 1.29 is 9.59 Å². The Morgan fingerprint density at radius 2 is 2.04 bits per heavy atom. The van der Waals surface area contributed by atoms with Crippen molar-refractivity contribution in [1.29, 1.82) is 0 Å². The summed E-state index contributed by atoms with van der Waals surface area (Å²) in [5, 5.41) is 3.23. The van der Waals surface area contributed by atoms with Crippen molar-refractivity contribution in [2.45, 2.75) is 58.4 Å². The summed E-state index contributed by atoms with van der Waals surface area (Å²) in [4.78, 5) is 35.4. The number of aromatic nitrogens is 2. The molecule has 2 fully saturated rings. The number of imidazole rings is 1. The maximum absolute atomic E-state index is 13.1. The molecule has 2 amide bonds. The van der Waals surface area contributed by atoms with Crippen LogP contribution in [0.25, 0.3) is 11.0 Å². The normalized spacial score (nSPS) is 23.7. The quantitative estimate of drug-likeness (QED) is 0.873. The fraction of sp³-hybridized carbons (Fsp3) is 0.571. The SMILES string of the molecule is Cc1nc2ccc(C(=O)N3CCCC(C)(C(=O)NC4CCCC4)C3)cc2[nH]1. The molecule has 6 heteroatoms. The number of hydrogen-bond donors (Lipinski definition) is 2. The molecule has 1 atom stereocenters. The van der Waals surface area contributed by atoms with Gasteiger partial charge in [-0.15, -0.1) is 0 Å². The number of benzene rings is 1. The lowest BCUT2D eigenvalue weighted by Gasteiger charge is -2.40. The zero-order valence-electron chi connectivity index (χ0n) is 16.2. The molecule has 1 saturated heterocycles. The van der Waals surface area contributed by atoms with Crippen LogP contribution < -0.4 is 5.32 Å². The van der Waals surface area contributed by atoms with Crippen molar-refractivity contribution in [2.24, 2.45) is 5.41 Å². The first-order valence-corrected chi connectivity index (χ1v) is 10.0. The molecule has 6 nitrogen and oxygen atoms in total. The number of aryl methyl sites for hydroxylation is 1. The minimum absolute atomic E-state index is 0.0104. The predicted octanol–water partition coefficient (Wildman–Crippen LogP) is 3.17. The van der Waals surface area contributed by atoms with Crippen LogP contribution in [-0.2, 0) is 4.79 Å². The molecule has 2 aromatic rings. The first-order chi connectivity index (χ1) is 12.9. The summed E-state index contributed by atoms with van der Waals surface area (Å²) >= 11 is 0. The van der Waals surface area contributed by atoms with Gasteiger partial charge in [-0.1, -0.05) is 12.8 Å². The molecule has 1 saturated carbocycles. The molecule has 0 radical (unpaired) electrons. The van der Waals surface area contributed by atoms with Crippen molar-refractivity contribution in [3.63, 3.8) is 0 Å². The lowest BCUT2D eigenvalue weighted by atomic mass is 9.80. The van der Waals surface area contributed by atoms with E-state index >= 15 is 0 Å². The first kappa shape index (κ1) is 18.0. The molecule has 2 N–H and O–H groups in total. The van der Waals surface area contributed by atoms with Crippen molar-refractivity contribution >= 4 is 22.8 Å². The fourth-order valence-corrected chi connectivity index (χ4v) is 4.48. The summed E-state index contributed by atoms with van der Waals surface area (Å²) in [6, 6.07) is 5.88. The molecule has 0 spiro atoms. The average Bonchev–Trinajstić information content (AvgIpc) is 3.28. The monoisotopic (exact) mass is 368 g/mol. The van der Waals surface area contributed by atoms with Gasteiger partial charge >= 0.3 is 0 Å². The molecule has 0 bridgehead atoms. The minimum atomic E-state index is -0.509. The van der Waals surface area contributed by atoms with E-state index in [1.54, 1.807) is 0 Å². The van der Waals surface area contributed by atoms with E-state index in [4.69, 9.17) is 0 Å². The van der Waals surface area contributed by atoms with Crippen molar-refractivity contribution in [1.82, 2.24) is 20.2 Å². The second-order valence-corrected chi connectivity index (χ2v) is 8.40. The lowest BCUT2D eigenvalue weighted by Crippen LogP contribution is -2.53. The number of hydrogen-bond acceptors (Lipinski definition) is 3. The summed E-state index contributed by atoms with van der Waals surface area (Å²) in [5.74, 6) is 0.930. The van der Waals surface area contributed by atoms with Crippen LogP contribution in [0.4, 0.5) is 0 Å². The second-order valence-electron chi connectivity index (χ2n) is 8.40. The third-order valence-corrected chi connectivity index (χ3v) is 6.07. The summed E-state index contributed by atoms with van der Waals surface area (Å²) in [7, 11) is 0. The van der Waals surface area contributed by atoms with Crippen LogP contribution in [0, 0.1) is 12.3 Å². The van der Waals surface area contributed by atoms with Gasteiger partial charge in [0.15, 0.2) is 0 Å². The van der Waals surface area contributed by atoms with Gasteiger partial charge in [0.05, 0.1) is 16.4 Å². The highest BCUT2D eigenvalue weighted by molar-refractivity contribution is 5.98. The zero-order chi connectivity index (χ0) is 19.0. The van der Waals surface area contributed by atoms with Crippen LogP contribution in [0.3, 0.4) is 0 Å². The number of fused-ring (bicyclic) bond motifs is 1. The third-order valence-electron chi connectivity index (χ3n) is 6.07. The molecule has 1 unspecified atom stereocenters. The van der Waals surface area contributed by atoms with E-state index < -0.39 is 5.41 Å². The highest BCUT2D eigenvalue weighted by Crippen LogP contribution is 2.32. The highest BCUT2D eigenvalue weighted by Gasteiger charge is 2.40.